The van der Waals surface area contributed by atoms with E-state index in [9.17, 15) is 4.21 Å². The maximum absolute atomic E-state index is 13.0. The van der Waals surface area contributed by atoms with Crippen molar-refractivity contribution in [3.05, 3.63) is 58.6 Å². The largest absolute Gasteiger partial charge is 0.242 e. The number of benzene rings is 1. The first-order chi connectivity index (χ1) is 10.7. The van der Waals surface area contributed by atoms with Gasteiger partial charge in [0.05, 0.1) is 4.75 Å². The van der Waals surface area contributed by atoms with Crippen molar-refractivity contribution in [2.75, 3.05) is 6.54 Å². The molecule has 0 aliphatic heterocycles. The molecule has 2 nitrogen and oxygen atoms in total. The van der Waals surface area contributed by atoms with Gasteiger partial charge in [0, 0.05) is 22.1 Å². The van der Waals surface area contributed by atoms with Crippen molar-refractivity contribution < 1.29 is 4.21 Å². The molecular formula is C18H25BrClNOS. The van der Waals surface area contributed by atoms with Gasteiger partial charge in [0.2, 0.25) is 0 Å². The summed E-state index contributed by atoms with van der Waals surface area (Å²) < 4.78 is 15.7. The van der Waals surface area contributed by atoms with Crippen LogP contribution in [0, 0.1) is 0 Å². The summed E-state index contributed by atoms with van der Waals surface area (Å²) in [5, 5.41) is 0.673. The van der Waals surface area contributed by atoms with Crippen molar-refractivity contribution in [2.45, 2.75) is 44.4 Å². The molecule has 1 aromatic rings. The maximum atomic E-state index is 13.0. The predicted octanol–water partition coefficient (Wildman–Crippen LogP) is 6.06. The van der Waals surface area contributed by atoms with Crippen LogP contribution in [0.3, 0.4) is 0 Å². The Kier molecular flexibility index (Phi) is 8.22. The van der Waals surface area contributed by atoms with E-state index < -0.39 is 11.0 Å². The first kappa shape index (κ1) is 20.6. The second-order valence-electron chi connectivity index (χ2n) is 6.30. The van der Waals surface area contributed by atoms with E-state index >= 15 is 0 Å². The van der Waals surface area contributed by atoms with Crippen LogP contribution in [0.15, 0.2) is 48.0 Å². The molecule has 1 aromatic carbocycles. The van der Waals surface area contributed by atoms with E-state index in [0.29, 0.717) is 11.6 Å². The van der Waals surface area contributed by atoms with Gasteiger partial charge in [-0.3, -0.25) is 0 Å². The van der Waals surface area contributed by atoms with Crippen molar-refractivity contribution in [1.82, 2.24) is 4.31 Å². The summed E-state index contributed by atoms with van der Waals surface area (Å²) in [5.41, 5.74) is 1.04. The lowest BCUT2D eigenvalue weighted by atomic mass is 10.0. The van der Waals surface area contributed by atoms with Gasteiger partial charge in [-0.2, -0.15) is 0 Å². The van der Waals surface area contributed by atoms with Crippen LogP contribution in [0.25, 0.3) is 0 Å². The molecule has 0 amide bonds. The molecule has 0 spiro atoms. The molecular weight excluding hydrogens is 394 g/mol. The van der Waals surface area contributed by atoms with E-state index in [1.807, 2.05) is 49.4 Å². The minimum absolute atomic E-state index is 0.0286. The Bertz CT molecular complexity index is 583. The summed E-state index contributed by atoms with van der Waals surface area (Å²) in [5.74, 6) is 0. The van der Waals surface area contributed by atoms with Gasteiger partial charge in [-0.15, -0.1) is 13.2 Å². The number of hydrogen-bond acceptors (Lipinski definition) is 1. The molecule has 128 valence electrons. The maximum Gasteiger partial charge on any atom is 0.101 e. The highest BCUT2D eigenvalue weighted by atomic mass is 79.9. The fraction of sp³-hybridized carbons (Fsp3) is 0.444. The Balaban J connectivity index is 3.35. The molecule has 0 saturated heterocycles. The summed E-state index contributed by atoms with van der Waals surface area (Å²) in [6.45, 7) is 14.1. The highest BCUT2D eigenvalue weighted by Gasteiger charge is 2.32. The Labute approximate surface area is 156 Å². The zero-order valence-electron chi connectivity index (χ0n) is 14.0. The smallest absolute Gasteiger partial charge is 0.101 e. The molecule has 0 saturated carbocycles. The normalized spacial score (nSPS) is 14.5. The lowest BCUT2D eigenvalue weighted by molar-refractivity contribution is 0.346. The topological polar surface area (TPSA) is 20.3 Å². The van der Waals surface area contributed by atoms with Gasteiger partial charge in [-0.05, 0) is 57.4 Å². The van der Waals surface area contributed by atoms with Crippen LogP contribution < -0.4 is 0 Å². The molecule has 0 bridgehead atoms. The van der Waals surface area contributed by atoms with Gasteiger partial charge in [0.1, 0.15) is 11.0 Å². The number of hydrogen-bond donors (Lipinski definition) is 0. The summed E-state index contributed by atoms with van der Waals surface area (Å²) >= 11 is 9.80. The van der Waals surface area contributed by atoms with Crippen molar-refractivity contribution in [3.63, 3.8) is 0 Å². The van der Waals surface area contributed by atoms with E-state index in [1.165, 1.54) is 0 Å². The molecule has 2 atom stereocenters. The molecule has 1 rings (SSSR count). The third-order valence-corrected chi connectivity index (χ3v) is 6.19. The van der Waals surface area contributed by atoms with Crippen LogP contribution in [0.5, 0.6) is 0 Å². The molecule has 23 heavy (non-hydrogen) atoms. The lowest BCUT2D eigenvalue weighted by Crippen LogP contribution is -2.40. The zero-order valence-corrected chi connectivity index (χ0v) is 17.2. The van der Waals surface area contributed by atoms with E-state index in [0.717, 1.165) is 22.9 Å². The summed E-state index contributed by atoms with van der Waals surface area (Å²) in [6, 6.07) is 5.69. The number of nitrogens with zero attached hydrogens (tertiary/aromatic N) is 1. The number of rotatable bonds is 8. The summed E-state index contributed by atoms with van der Waals surface area (Å²) in [7, 11) is -1.16. The van der Waals surface area contributed by atoms with Gasteiger partial charge in [0.25, 0.3) is 0 Å². The van der Waals surface area contributed by atoms with E-state index in [2.05, 4.69) is 29.1 Å². The zero-order chi connectivity index (χ0) is 17.6. The van der Waals surface area contributed by atoms with Crippen molar-refractivity contribution in [3.8, 4) is 0 Å². The minimum atomic E-state index is -1.16. The van der Waals surface area contributed by atoms with Crippen LogP contribution in [0.2, 0.25) is 5.02 Å². The molecule has 0 aliphatic rings. The fourth-order valence-corrected chi connectivity index (χ4v) is 4.38. The second kappa shape index (κ2) is 9.16. The predicted molar refractivity (Wildman–Crippen MR) is 106 cm³/mol. The van der Waals surface area contributed by atoms with Gasteiger partial charge in [0.15, 0.2) is 0 Å². The van der Waals surface area contributed by atoms with Gasteiger partial charge < -0.3 is 0 Å². The molecule has 0 fully saturated rings. The van der Waals surface area contributed by atoms with Crippen molar-refractivity contribution >= 4 is 38.5 Å². The Morgan fingerprint density at radius 3 is 2.52 bits per heavy atom. The Morgan fingerprint density at radius 1 is 1.35 bits per heavy atom. The minimum Gasteiger partial charge on any atom is -0.242 e. The van der Waals surface area contributed by atoms with E-state index in [1.54, 1.807) is 6.08 Å². The van der Waals surface area contributed by atoms with Crippen molar-refractivity contribution in [2.24, 2.45) is 0 Å². The average Bonchev–Trinajstić information content (AvgIpc) is 2.48. The molecule has 5 heteroatoms. The lowest BCUT2D eigenvalue weighted by Gasteiger charge is -2.35. The molecule has 0 aliphatic carbocycles. The third-order valence-electron chi connectivity index (χ3n) is 3.35. The van der Waals surface area contributed by atoms with Gasteiger partial charge in [-0.25, -0.2) is 8.51 Å². The van der Waals surface area contributed by atoms with E-state index in [4.69, 9.17) is 11.6 Å². The third kappa shape index (κ3) is 5.86. The fourth-order valence-electron chi connectivity index (χ4n) is 2.29. The standard InChI is InChI=1S/C18H25BrClNOS/c1-6-8-9-17(15-13-14(20)10-11-16(15)19)21(12-7-2)23(22)18(3,4)5/h6-7,10-11,13,17H,1-2,8-9,12H2,3-5H3/t17?,23-/m0/s1. The van der Waals surface area contributed by atoms with Crippen LogP contribution in [0.1, 0.15) is 45.2 Å². The van der Waals surface area contributed by atoms with Gasteiger partial charge in [-0.1, -0.05) is 39.7 Å². The Hall–Kier alpha value is -0.420. The molecule has 0 radical (unpaired) electrons. The van der Waals surface area contributed by atoms with Crippen LogP contribution in [0.4, 0.5) is 0 Å². The summed E-state index contributed by atoms with van der Waals surface area (Å²) in [6.07, 6.45) is 5.33. The summed E-state index contributed by atoms with van der Waals surface area (Å²) in [4.78, 5) is 0. The first-order valence-electron chi connectivity index (χ1n) is 7.57. The van der Waals surface area contributed by atoms with Crippen LogP contribution in [-0.2, 0) is 11.0 Å². The van der Waals surface area contributed by atoms with Crippen LogP contribution >= 0.6 is 27.5 Å². The SMILES string of the molecule is C=CCCC(c1cc(Cl)ccc1Br)N(CC=C)[S@@](=O)C(C)(C)C. The Morgan fingerprint density at radius 2 is 2.00 bits per heavy atom. The molecule has 0 heterocycles. The molecule has 0 N–H and O–H groups in total. The molecule has 0 aromatic heterocycles. The number of halogens is 2. The molecule has 1 unspecified atom stereocenters. The highest BCUT2D eigenvalue weighted by molar-refractivity contribution is 9.10. The average molecular weight is 419 g/mol. The monoisotopic (exact) mass is 417 g/mol. The second-order valence-corrected chi connectivity index (χ2v) is 9.78. The number of allylic oxidation sites excluding steroid dienone is 1. The van der Waals surface area contributed by atoms with Crippen molar-refractivity contribution in [1.29, 1.82) is 0 Å². The quantitative estimate of drug-likeness (QED) is 0.470. The highest BCUT2D eigenvalue weighted by Crippen LogP contribution is 2.36. The van der Waals surface area contributed by atoms with E-state index in [-0.39, 0.29) is 10.8 Å². The van der Waals surface area contributed by atoms with Crippen LogP contribution in [-0.4, -0.2) is 19.8 Å². The van der Waals surface area contributed by atoms with Gasteiger partial charge >= 0.3 is 0 Å². The first-order valence-corrected chi connectivity index (χ1v) is 9.85.